The van der Waals surface area contributed by atoms with Crippen molar-refractivity contribution in [3.8, 4) is 0 Å². The predicted octanol–water partition coefficient (Wildman–Crippen LogP) is 4.44. The fourth-order valence-electron chi connectivity index (χ4n) is 2.52. The molecular weight excluding hydrogens is 388 g/mol. The SMILES string of the molecule is CC1(C)SC(=S)N(/N=C\c2cccs2)[C@H]1N(O)C(=O)Nc1ccccc1. The van der Waals surface area contributed by atoms with E-state index < -0.39 is 16.9 Å². The molecule has 1 saturated heterocycles. The molecule has 6 nitrogen and oxygen atoms in total. The number of hydroxylamine groups is 2. The number of thioether (sulfide) groups is 1. The Balaban J connectivity index is 1.81. The summed E-state index contributed by atoms with van der Waals surface area (Å²) in [5.41, 5.74) is 0.594. The molecule has 1 atom stereocenters. The first kappa shape index (κ1) is 18.8. The molecule has 2 N–H and O–H groups in total. The Morgan fingerprint density at radius 1 is 1.35 bits per heavy atom. The average molecular weight is 407 g/mol. The van der Waals surface area contributed by atoms with Crippen molar-refractivity contribution in [3.63, 3.8) is 0 Å². The van der Waals surface area contributed by atoms with Crippen molar-refractivity contribution >= 4 is 57.6 Å². The van der Waals surface area contributed by atoms with Crippen LogP contribution in [0.3, 0.4) is 0 Å². The number of hydrogen-bond donors (Lipinski definition) is 2. The van der Waals surface area contributed by atoms with E-state index in [0.29, 0.717) is 15.1 Å². The second-order valence-corrected chi connectivity index (χ2v) is 9.36. The lowest BCUT2D eigenvalue weighted by molar-refractivity contribution is -0.114. The van der Waals surface area contributed by atoms with E-state index >= 15 is 0 Å². The van der Waals surface area contributed by atoms with Crippen LogP contribution in [0.15, 0.2) is 52.9 Å². The van der Waals surface area contributed by atoms with E-state index in [0.717, 1.165) is 4.88 Å². The smallest absolute Gasteiger partial charge is 0.306 e. The van der Waals surface area contributed by atoms with Gasteiger partial charge in [-0.1, -0.05) is 48.2 Å². The van der Waals surface area contributed by atoms with E-state index in [1.165, 1.54) is 16.8 Å². The normalized spacial score (nSPS) is 19.1. The monoisotopic (exact) mass is 406 g/mol. The number of para-hydroxylation sites is 1. The number of thiophene rings is 1. The molecule has 2 heterocycles. The van der Waals surface area contributed by atoms with Gasteiger partial charge in [0, 0.05) is 10.6 Å². The minimum absolute atomic E-state index is 0.499. The second kappa shape index (κ2) is 7.75. The summed E-state index contributed by atoms with van der Waals surface area (Å²) in [4.78, 5) is 13.5. The van der Waals surface area contributed by atoms with Crippen molar-refractivity contribution in [2.45, 2.75) is 24.8 Å². The number of rotatable bonds is 4. The predicted molar refractivity (Wildman–Crippen MR) is 111 cm³/mol. The molecule has 0 saturated carbocycles. The zero-order valence-electron chi connectivity index (χ0n) is 14.2. The van der Waals surface area contributed by atoms with Gasteiger partial charge in [0.1, 0.15) is 0 Å². The summed E-state index contributed by atoms with van der Waals surface area (Å²) in [7, 11) is 0. The largest absolute Gasteiger partial charge is 0.347 e. The Kier molecular flexibility index (Phi) is 5.61. The Hall–Kier alpha value is -1.94. The van der Waals surface area contributed by atoms with Gasteiger partial charge in [-0.3, -0.25) is 5.21 Å². The molecule has 0 bridgehead atoms. The molecule has 1 aromatic carbocycles. The molecule has 1 aliphatic heterocycles. The standard InChI is InChI=1S/C17H18N4O2S3/c1-17(2)14(21(23)15(22)19-12-7-4-3-5-8-12)20(16(24)26-17)18-11-13-9-6-10-25-13/h3-11,14,23H,1-2H3,(H,19,22)/b18-11-/t14-/m0/s1. The van der Waals surface area contributed by atoms with Gasteiger partial charge in [0.15, 0.2) is 10.5 Å². The second-order valence-electron chi connectivity index (χ2n) is 6.09. The van der Waals surface area contributed by atoms with Crippen LogP contribution in [-0.4, -0.2) is 42.8 Å². The molecule has 1 aromatic heterocycles. The number of nitrogens with zero attached hydrogens (tertiary/aromatic N) is 3. The number of anilines is 1. The molecule has 2 aromatic rings. The number of hydrazone groups is 1. The van der Waals surface area contributed by atoms with E-state index in [4.69, 9.17) is 12.2 Å². The van der Waals surface area contributed by atoms with Crippen molar-refractivity contribution in [2.24, 2.45) is 5.10 Å². The van der Waals surface area contributed by atoms with E-state index in [2.05, 4.69) is 10.4 Å². The lowest BCUT2D eigenvalue weighted by atomic mass is 10.1. The van der Waals surface area contributed by atoms with Crippen molar-refractivity contribution in [1.82, 2.24) is 10.1 Å². The number of benzene rings is 1. The van der Waals surface area contributed by atoms with Gasteiger partial charge in [0.05, 0.1) is 11.0 Å². The molecule has 136 valence electrons. The molecule has 9 heteroatoms. The zero-order valence-corrected chi connectivity index (χ0v) is 16.6. The lowest BCUT2D eigenvalue weighted by Gasteiger charge is -2.34. The Labute approximate surface area is 165 Å². The molecule has 1 fully saturated rings. The summed E-state index contributed by atoms with van der Waals surface area (Å²) >= 11 is 8.34. The van der Waals surface area contributed by atoms with Crippen molar-refractivity contribution < 1.29 is 10.0 Å². The molecule has 2 amide bonds. The summed E-state index contributed by atoms with van der Waals surface area (Å²) in [5.74, 6) is 0. The molecule has 0 unspecified atom stereocenters. The van der Waals surface area contributed by atoms with Crippen LogP contribution in [0.4, 0.5) is 10.5 Å². The highest BCUT2D eigenvalue weighted by Gasteiger charge is 2.50. The van der Waals surface area contributed by atoms with Crippen LogP contribution < -0.4 is 5.32 Å². The van der Waals surface area contributed by atoms with E-state index in [1.54, 1.807) is 41.8 Å². The average Bonchev–Trinajstić information content (AvgIpc) is 3.18. The molecule has 0 radical (unpaired) electrons. The number of carbonyl (C=O) groups is 1. The van der Waals surface area contributed by atoms with Gasteiger partial charge < -0.3 is 5.32 Å². The maximum atomic E-state index is 12.5. The van der Waals surface area contributed by atoms with Crippen LogP contribution in [0, 0.1) is 0 Å². The maximum absolute atomic E-state index is 12.5. The molecule has 3 rings (SSSR count). The molecule has 1 aliphatic rings. The Morgan fingerprint density at radius 3 is 2.73 bits per heavy atom. The Morgan fingerprint density at radius 2 is 2.08 bits per heavy atom. The van der Waals surface area contributed by atoms with Crippen LogP contribution >= 0.6 is 35.3 Å². The molecule has 0 aliphatic carbocycles. The quantitative estimate of drug-likeness (QED) is 0.340. The van der Waals surface area contributed by atoms with Crippen molar-refractivity contribution in [2.75, 3.05) is 5.32 Å². The minimum Gasteiger partial charge on any atom is -0.306 e. The van der Waals surface area contributed by atoms with Crippen LogP contribution in [0.25, 0.3) is 0 Å². The minimum atomic E-state index is -0.736. The third-order valence-electron chi connectivity index (χ3n) is 3.71. The van der Waals surface area contributed by atoms with E-state index in [1.807, 2.05) is 37.4 Å². The highest BCUT2D eigenvalue weighted by atomic mass is 32.2. The van der Waals surface area contributed by atoms with Crippen molar-refractivity contribution in [1.29, 1.82) is 0 Å². The third kappa shape index (κ3) is 4.07. The number of carbonyl (C=O) groups excluding carboxylic acids is 1. The van der Waals surface area contributed by atoms with Gasteiger partial charge in [-0.2, -0.15) is 10.2 Å². The highest BCUT2D eigenvalue weighted by molar-refractivity contribution is 8.24. The first-order chi connectivity index (χ1) is 12.4. The van der Waals surface area contributed by atoms with Crippen LogP contribution in [0.2, 0.25) is 0 Å². The topological polar surface area (TPSA) is 68.2 Å². The molecule has 0 spiro atoms. The van der Waals surface area contributed by atoms with Gasteiger partial charge >= 0.3 is 6.03 Å². The molecular formula is C17H18N4O2S3. The van der Waals surface area contributed by atoms with Crippen LogP contribution in [-0.2, 0) is 0 Å². The maximum Gasteiger partial charge on any atom is 0.347 e. The molecule has 26 heavy (non-hydrogen) atoms. The fraction of sp³-hybridized carbons (Fsp3) is 0.235. The van der Waals surface area contributed by atoms with Gasteiger partial charge in [-0.25, -0.2) is 9.80 Å². The fourth-order valence-corrected chi connectivity index (χ4v) is 4.89. The highest BCUT2D eigenvalue weighted by Crippen LogP contribution is 2.42. The zero-order chi connectivity index (χ0) is 18.7. The van der Waals surface area contributed by atoms with Gasteiger partial charge in [-0.05, 0) is 37.4 Å². The summed E-state index contributed by atoms with van der Waals surface area (Å²) < 4.78 is -0.0357. The number of urea groups is 1. The third-order valence-corrected chi connectivity index (χ3v) is 6.05. The lowest BCUT2D eigenvalue weighted by Crippen LogP contribution is -2.54. The summed E-state index contributed by atoms with van der Waals surface area (Å²) in [5, 5.41) is 21.8. The first-order valence-corrected chi connectivity index (χ1v) is 9.93. The number of hydrogen-bond acceptors (Lipinski definition) is 6. The summed E-state index contributed by atoms with van der Waals surface area (Å²) in [6.45, 7) is 3.82. The van der Waals surface area contributed by atoms with Crippen LogP contribution in [0.1, 0.15) is 18.7 Å². The summed E-state index contributed by atoms with van der Waals surface area (Å²) in [6.07, 6.45) is 0.939. The number of amides is 2. The van der Waals surface area contributed by atoms with Gasteiger partial charge in [0.2, 0.25) is 0 Å². The Bertz CT molecular complexity index is 809. The van der Waals surface area contributed by atoms with Gasteiger partial charge in [0.25, 0.3) is 0 Å². The number of nitrogens with one attached hydrogen (secondary N) is 1. The van der Waals surface area contributed by atoms with E-state index in [-0.39, 0.29) is 0 Å². The van der Waals surface area contributed by atoms with Gasteiger partial charge in [-0.15, -0.1) is 11.3 Å². The van der Waals surface area contributed by atoms with Crippen molar-refractivity contribution in [3.05, 3.63) is 52.7 Å². The van der Waals surface area contributed by atoms with E-state index in [9.17, 15) is 10.0 Å². The summed E-state index contributed by atoms with van der Waals surface area (Å²) in [6, 6.07) is 12.2. The van der Waals surface area contributed by atoms with Crippen LogP contribution in [0.5, 0.6) is 0 Å². The first-order valence-electron chi connectivity index (χ1n) is 7.82. The number of thiocarbonyl (C=S) groups is 1.